The lowest BCUT2D eigenvalue weighted by Crippen LogP contribution is -2.55. The van der Waals surface area contributed by atoms with E-state index >= 15 is 0 Å². The van der Waals surface area contributed by atoms with E-state index in [0.29, 0.717) is 47.9 Å². The Balaban J connectivity index is 1.42. The van der Waals surface area contributed by atoms with Gasteiger partial charge in [-0.1, -0.05) is 19.9 Å². The summed E-state index contributed by atoms with van der Waals surface area (Å²) in [5.41, 5.74) is 0.550. The molecule has 1 fully saturated rings. The Hall–Kier alpha value is -3.07. The predicted molar refractivity (Wildman–Crippen MR) is 129 cm³/mol. The van der Waals surface area contributed by atoms with E-state index in [1.165, 1.54) is 11.3 Å². The first-order valence-corrected chi connectivity index (χ1v) is 12.5. The molecule has 1 aromatic heterocycles. The van der Waals surface area contributed by atoms with Crippen LogP contribution in [0.2, 0.25) is 0 Å². The molecule has 2 atom stereocenters. The number of carbonyl (C=O) groups excluding carboxylic acids is 3. The number of benzene rings is 1. The van der Waals surface area contributed by atoms with Crippen LogP contribution in [0.4, 0.5) is 0 Å². The number of fused-ring (bicyclic) bond motifs is 1. The molecule has 9 heteroatoms. The smallest absolute Gasteiger partial charge is 0.262 e. The Morgan fingerprint density at radius 3 is 2.44 bits per heavy atom. The zero-order valence-electron chi connectivity index (χ0n) is 19.7. The summed E-state index contributed by atoms with van der Waals surface area (Å²) in [6, 6.07) is 8.10. The molecule has 1 aromatic carbocycles. The molecule has 3 heterocycles. The highest BCUT2D eigenvalue weighted by Crippen LogP contribution is 2.33. The largest absolute Gasteiger partial charge is 0.454 e. The van der Waals surface area contributed by atoms with Crippen LogP contribution in [-0.2, 0) is 4.79 Å². The molecule has 3 amide bonds. The van der Waals surface area contributed by atoms with E-state index in [1.54, 1.807) is 29.2 Å². The van der Waals surface area contributed by atoms with Gasteiger partial charge in [-0.2, -0.15) is 0 Å². The molecule has 2 aliphatic rings. The Kier molecular flexibility index (Phi) is 7.41. The second kappa shape index (κ2) is 10.5. The minimum absolute atomic E-state index is 0.0127. The number of amides is 3. The van der Waals surface area contributed by atoms with Crippen LogP contribution in [0.3, 0.4) is 0 Å². The van der Waals surface area contributed by atoms with Crippen molar-refractivity contribution in [3.05, 3.63) is 46.2 Å². The predicted octanol–water partition coefficient (Wildman–Crippen LogP) is 3.29. The van der Waals surface area contributed by atoms with Crippen molar-refractivity contribution >= 4 is 29.1 Å². The van der Waals surface area contributed by atoms with E-state index in [1.807, 2.05) is 32.2 Å². The molecular formula is C25H31N3O5S. The fourth-order valence-corrected chi connectivity index (χ4v) is 4.77. The molecule has 0 radical (unpaired) electrons. The number of nitrogens with one attached hydrogen (secondary N) is 2. The van der Waals surface area contributed by atoms with Gasteiger partial charge in [-0.25, -0.2) is 0 Å². The first-order valence-electron chi connectivity index (χ1n) is 11.7. The van der Waals surface area contributed by atoms with Gasteiger partial charge in [-0.15, -0.1) is 11.3 Å². The number of hydrogen-bond acceptors (Lipinski definition) is 6. The van der Waals surface area contributed by atoms with Crippen molar-refractivity contribution in [1.82, 2.24) is 15.5 Å². The molecule has 2 N–H and O–H groups in total. The van der Waals surface area contributed by atoms with Crippen LogP contribution in [0.5, 0.6) is 11.5 Å². The van der Waals surface area contributed by atoms with Crippen molar-refractivity contribution in [1.29, 1.82) is 0 Å². The molecule has 2 aromatic rings. The maximum absolute atomic E-state index is 13.2. The van der Waals surface area contributed by atoms with Crippen LogP contribution in [0.15, 0.2) is 35.7 Å². The summed E-state index contributed by atoms with van der Waals surface area (Å²) in [6.07, 6.45) is 1.24. The molecule has 0 spiro atoms. The highest BCUT2D eigenvalue weighted by atomic mass is 32.1. The average molecular weight is 486 g/mol. The number of thiophene rings is 1. The van der Waals surface area contributed by atoms with Gasteiger partial charge in [-0.3, -0.25) is 14.4 Å². The Labute approximate surface area is 203 Å². The zero-order valence-corrected chi connectivity index (χ0v) is 20.5. The van der Waals surface area contributed by atoms with Crippen molar-refractivity contribution in [3.63, 3.8) is 0 Å². The third kappa shape index (κ3) is 5.35. The van der Waals surface area contributed by atoms with E-state index in [-0.39, 0.29) is 42.4 Å². The van der Waals surface area contributed by atoms with Crippen LogP contribution < -0.4 is 20.1 Å². The average Bonchev–Trinajstić information content (AvgIpc) is 3.53. The van der Waals surface area contributed by atoms with E-state index in [0.717, 1.165) is 0 Å². The van der Waals surface area contributed by atoms with Crippen LogP contribution >= 0.6 is 11.3 Å². The number of nitrogens with zero attached hydrogens (tertiary/aromatic N) is 1. The normalized spacial score (nSPS) is 17.4. The van der Waals surface area contributed by atoms with Gasteiger partial charge in [0.15, 0.2) is 11.5 Å². The lowest BCUT2D eigenvalue weighted by atomic mass is 9.88. The van der Waals surface area contributed by atoms with Crippen molar-refractivity contribution < 1.29 is 23.9 Å². The minimum atomic E-state index is -0.654. The van der Waals surface area contributed by atoms with Gasteiger partial charge in [0.05, 0.1) is 4.88 Å². The zero-order chi connectivity index (χ0) is 24.2. The van der Waals surface area contributed by atoms with Gasteiger partial charge in [0, 0.05) is 24.7 Å². The molecule has 2 unspecified atom stereocenters. The summed E-state index contributed by atoms with van der Waals surface area (Å²) < 4.78 is 10.7. The molecule has 1 saturated heterocycles. The number of carbonyl (C=O) groups is 3. The Bertz CT molecular complexity index is 1030. The molecular weight excluding hydrogens is 454 g/mol. The number of piperidine rings is 1. The summed E-state index contributed by atoms with van der Waals surface area (Å²) in [5, 5.41) is 7.86. The SMILES string of the molecule is CC(C)C(C)NC(=O)C(NC(=O)c1cccs1)C1CCN(C(=O)c2ccc3c(c2)OCO3)CC1. The second-order valence-corrected chi connectivity index (χ2v) is 10.1. The summed E-state index contributed by atoms with van der Waals surface area (Å²) in [5.74, 6) is 0.934. The summed E-state index contributed by atoms with van der Waals surface area (Å²) in [4.78, 5) is 41.4. The van der Waals surface area contributed by atoms with Crippen LogP contribution in [-0.4, -0.2) is 54.6 Å². The van der Waals surface area contributed by atoms with Gasteiger partial charge in [0.1, 0.15) is 6.04 Å². The van der Waals surface area contributed by atoms with Crippen molar-refractivity contribution in [2.45, 2.75) is 45.7 Å². The standard InChI is InChI=1S/C25H31N3O5S/c1-15(2)16(3)26-24(30)22(27-23(29)21-5-4-12-34-21)17-8-10-28(11-9-17)25(31)18-6-7-19-20(13-18)33-14-32-19/h4-7,12-13,15-17,22H,8-11,14H2,1-3H3,(H,26,30)(H,27,29). The van der Waals surface area contributed by atoms with Crippen LogP contribution in [0.25, 0.3) is 0 Å². The van der Waals surface area contributed by atoms with Gasteiger partial charge >= 0.3 is 0 Å². The maximum Gasteiger partial charge on any atom is 0.262 e. The fourth-order valence-electron chi connectivity index (χ4n) is 4.15. The summed E-state index contributed by atoms with van der Waals surface area (Å²) >= 11 is 1.34. The summed E-state index contributed by atoms with van der Waals surface area (Å²) in [6.45, 7) is 7.24. The number of hydrogen-bond donors (Lipinski definition) is 2. The van der Waals surface area contributed by atoms with Crippen LogP contribution in [0.1, 0.15) is 53.6 Å². The second-order valence-electron chi connectivity index (χ2n) is 9.17. The van der Waals surface area contributed by atoms with Crippen molar-refractivity contribution in [2.24, 2.45) is 11.8 Å². The lowest BCUT2D eigenvalue weighted by Gasteiger charge is -2.36. The van der Waals surface area contributed by atoms with Gasteiger partial charge in [0.25, 0.3) is 11.8 Å². The molecule has 182 valence electrons. The molecule has 34 heavy (non-hydrogen) atoms. The number of rotatable bonds is 7. The molecule has 0 saturated carbocycles. The minimum Gasteiger partial charge on any atom is -0.454 e. The highest BCUT2D eigenvalue weighted by molar-refractivity contribution is 7.12. The Morgan fingerprint density at radius 1 is 1.03 bits per heavy atom. The molecule has 8 nitrogen and oxygen atoms in total. The molecule has 2 aliphatic heterocycles. The van der Waals surface area contributed by atoms with Crippen molar-refractivity contribution in [2.75, 3.05) is 19.9 Å². The summed E-state index contributed by atoms with van der Waals surface area (Å²) in [7, 11) is 0. The van der Waals surface area contributed by atoms with Crippen LogP contribution in [0, 0.1) is 11.8 Å². The first kappa shape index (κ1) is 24.1. The van der Waals surface area contributed by atoms with E-state index in [2.05, 4.69) is 10.6 Å². The molecule has 4 rings (SSSR count). The first-order chi connectivity index (χ1) is 16.3. The third-order valence-electron chi connectivity index (χ3n) is 6.60. The highest BCUT2D eigenvalue weighted by Gasteiger charge is 2.35. The van der Waals surface area contributed by atoms with E-state index in [4.69, 9.17) is 9.47 Å². The third-order valence-corrected chi connectivity index (χ3v) is 7.47. The number of likely N-dealkylation sites (tertiary alicyclic amines) is 1. The molecule has 0 bridgehead atoms. The maximum atomic E-state index is 13.2. The Morgan fingerprint density at radius 2 is 1.76 bits per heavy atom. The quantitative estimate of drug-likeness (QED) is 0.627. The topological polar surface area (TPSA) is 97.0 Å². The van der Waals surface area contributed by atoms with Gasteiger partial charge in [-0.05, 0) is 61.2 Å². The molecule has 0 aliphatic carbocycles. The lowest BCUT2D eigenvalue weighted by molar-refractivity contribution is -0.125. The fraction of sp³-hybridized carbons (Fsp3) is 0.480. The van der Waals surface area contributed by atoms with Gasteiger partial charge in [0.2, 0.25) is 12.7 Å². The van der Waals surface area contributed by atoms with E-state index < -0.39 is 6.04 Å². The van der Waals surface area contributed by atoms with Crippen molar-refractivity contribution in [3.8, 4) is 11.5 Å². The van der Waals surface area contributed by atoms with Gasteiger partial charge < -0.3 is 25.0 Å². The monoisotopic (exact) mass is 485 g/mol. The van der Waals surface area contributed by atoms with E-state index in [9.17, 15) is 14.4 Å². The number of ether oxygens (including phenoxy) is 2.